The molecule has 1 unspecified atom stereocenters. The number of rotatable bonds is 5. The van der Waals surface area contributed by atoms with Gasteiger partial charge in [0.2, 0.25) is 5.91 Å². The van der Waals surface area contributed by atoms with E-state index >= 15 is 0 Å². The van der Waals surface area contributed by atoms with Crippen LogP contribution in [0.5, 0.6) is 0 Å². The van der Waals surface area contributed by atoms with Crippen molar-refractivity contribution in [2.45, 2.75) is 30.2 Å². The number of halogens is 4. The maximum absolute atomic E-state index is 13.4. The molecule has 11 heteroatoms. The largest absolute Gasteiger partial charge is 0.354 e. The van der Waals surface area contributed by atoms with E-state index in [0.29, 0.717) is 54.7 Å². The molecule has 182 valence electrons. The second-order valence-electron chi connectivity index (χ2n) is 8.33. The number of hydrogen-bond acceptors (Lipinski definition) is 4. The molecule has 2 aliphatic heterocycles. The number of carbonyl (C=O) groups is 2. The van der Waals surface area contributed by atoms with Gasteiger partial charge < -0.3 is 15.5 Å². The minimum absolute atomic E-state index is 0.0621. The van der Waals surface area contributed by atoms with E-state index in [9.17, 15) is 18.4 Å². The van der Waals surface area contributed by atoms with E-state index in [4.69, 9.17) is 23.2 Å². The molecule has 3 N–H and O–H groups in total. The fourth-order valence-corrected chi connectivity index (χ4v) is 6.01. The molecule has 34 heavy (non-hydrogen) atoms. The van der Waals surface area contributed by atoms with Crippen molar-refractivity contribution in [1.29, 1.82) is 0 Å². The number of benzene rings is 2. The molecular formula is C23H24Cl2F2N4O2S. The molecule has 1 atom stereocenters. The van der Waals surface area contributed by atoms with Gasteiger partial charge in [0.05, 0.1) is 10.9 Å². The second kappa shape index (κ2) is 10.7. The lowest BCUT2D eigenvalue weighted by Crippen LogP contribution is -2.55. The van der Waals surface area contributed by atoms with E-state index in [1.54, 1.807) is 28.8 Å². The van der Waals surface area contributed by atoms with Crippen LogP contribution >= 0.6 is 35.0 Å². The predicted octanol–water partition coefficient (Wildman–Crippen LogP) is 4.66. The number of piperidine rings is 1. The molecule has 0 saturated carbocycles. The molecule has 3 amide bonds. The van der Waals surface area contributed by atoms with Crippen LogP contribution in [-0.2, 0) is 11.2 Å². The predicted molar refractivity (Wildman–Crippen MR) is 131 cm³/mol. The monoisotopic (exact) mass is 528 g/mol. The zero-order valence-electron chi connectivity index (χ0n) is 18.2. The Morgan fingerprint density at radius 3 is 2.59 bits per heavy atom. The smallest absolute Gasteiger partial charge is 0.321 e. The van der Waals surface area contributed by atoms with Gasteiger partial charge in [0.25, 0.3) is 0 Å². The highest BCUT2D eigenvalue weighted by atomic mass is 35.5. The zero-order valence-corrected chi connectivity index (χ0v) is 20.5. The molecule has 4 rings (SSSR count). The highest BCUT2D eigenvalue weighted by Gasteiger charge is 2.44. The molecule has 2 saturated heterocycles. The van der Waals surface area contributed by atoms with Crippen LogP contribution in [0, 0.1) is 11.6 Å². The first-order chi connectivity index (χ1) is 16.2. The van der Waals surface area contributed by atoms with Crippen LogP contribution in [0.3, 0.4) is 0 Å². The summed E-state index contributed by atoms with van der Waals surface area (Å²) >= 11 is 13.8. The van der Waals surface area contributed by atoms with Crippen LogP contribution in [0.15, 0.2) is 36.4 Å². The number of thioether (sulfide) groups is 1. The van der Waals surface area contributed by atoms with Crippen molar-refractivity contribution in [3.8, 4) is 0 Å². The summed E-state index contributed by atoms with van der Waals surface area (Å²) in [5, 5.41) is 10.2. The summed E-state index contributed by atoms with van der Waals surface area (Å²) in [6.07, 6.45) is 1.95. The Labute approximate surface area is 210 Å². The number of amides is 3. The third-order valence-corrected chi connectivity index (χ3v) is 8.18. The van der Waals surface area contributed by atoms with Crippen LogP contribution < -0.4 is 16.0 Å². The minimum Gasteiger partial charge on any atom is -0.354 e. The van der Waals surface area contributed by atoms with Crippen molar-refractivity contribution in [2.75, 3.05) is 30.7 Å². The van der Waals surface area contributed by atoms with Gasteiger partial charge in [0.15, 0.2) is 11.6 Å². The average Bonchev–Trinajstić information content (AvgIpc) is 3.21. The van der Waals surface area contributed by atoms with Gasteiger partial charge in [-0.25, -0.2) is 13.6 Å². The van der Waals surface area contributed by atoms with E-state index in [1.807, 2.05) is 6.07 Å². The first-order valence-electron chi connectivity index (χ1n) is 10.9. The van der Waals surface area contributed by atoms with Gasteiger partial charge in [0.1, 0.15) is 0 Å². The molecule has 0 bridgehead atoms. The number of hydrogen-bond donors (Lipinski definition) is 3. The fraction of sp³-hybridized carbons (Fsp3) is 0.391. The van der Waals surface area contributed by atoms with Crippen molar-refractivity contribution in [3.05, 3.63) is 63.6 Å². The normalized spacial score (nSPS) is 19.3. The zero-order chi connectivity index (χ0) is 24.3. The summed E-state index contributed by atoms with van der Waals surface area (Å²) in [6.45, 7) is 1.44. The highest BCUT2D eigenvalue weighted by molar-refractivity contribution is 8.01. The maximum atomic E-state index is 13.4. The first kappa shape index (κ1) is 25.0. The van der Waals surface area contributed by atoms with E-state index in [-0.39, 0.29) is 28.5 Å². The Bertz CT molecular complexity index is 1080. The highest BCUT2D eigenvalue weighted by Crippen LogP contribution is 2.39. The van der Waals surface area contributed by atoms with E-state index in [1.165, 1.54) is 6.07 Å². The summed E-state index contributed by atoms with van der Waals surface area (Å²) in [6, 6.07) is 7.89. The number of nitrogens with zero attached hydrogens (tertiary/aromatic N) is 1. The van der Waals surface area contributed by atoms with Crippen molar-refractivity contribution >= 4 is 52.6 Å². The molecule has 6 nitrogen and oxygen atoms in total. The summed E-state index contributed by atoms with van der Waals surface area (Å²) in [4.78, 5) is 26.5. The molecule has 0 aromatic heterocycles. The number of likely N-dealkylation sites (tertiary alicyclic amines) is 1. The van der Waals surface area contributed by atoms with E-state index in [0.717, 1.165) is 17.7 Å². The third-order valence-electron chi connectivity index (χ3n) is 6.02. The molecule has 2 aliphatic rings. The van der Waals surface area contributed by atoms with Gasteiger partial charge in [-0.2, -0.15) is 0 Å². The lowest BCUT2D eigenvalue weighted by Gasteiger charge is -2.39. The van der Waals surface area contributed by atoms with Gasteiger partial charge in [-0.3, -0.25) is 10.1 Å². The molecule has 2 aromatic rings. The minimum atomic E-state index is -1.01. The van der Waals surface area contributed by atoms with Gasteiger partial charge in [-0.05, 0) is 49.1 Å². The molecule has 2 aromatic carbocycles. The van der Waals surface area contributed by atoms with Crippen LogP contribution in [-0.4, -0.2) is 53.1 Å². The van der Waals surface area contributed by atoms with Gasteiger partial charge in [-0.15, -0.1) is 11.8 Å². The Morgan fingerprint density at radius 2 is 1.88 bits per heavy atom. The molecule has 0 radical (unpaired) electrons. The summed E-state index contributed by atoms with van der Waals surface area (Å²) in [7, 11) is 0. The summed E-state index contributed by atoms with van der Waals surface area (Å²) in [5.41, 5.74) is 1.12. The number of carbonyl (C=O) groups excluding carboxylic acids is 2. The standard InChI is InChI=1S/C23H24Cl2F2N4O2S/c24-15-2-1-14(17(25)11-15)5-8-28-21(32)20-13-34-23(30-20)6-9-31(10-7-23)22(33)29-16-3-4-18(26)19(27)12-16/h1-4,11-12,20,30H,5-10,13H2,(H,28,32)(H,29,33). The number of anilines is 1. The van der Waals surface area contributed by atoms with Crippen LogP contribution in [0.4, 0.5) is 19.3 Å². The first-order valence-corrected chi connectivity index (χ1v) is 12.6. The van der Waals surface area contributed by atoms with Crippen molar-refractivity contribution in [1.82, 2.24) is 15.5 Å². The Balaban J connectivity index is 1.22. The molecule has 1 spiro atoms. The van der Waals surface area contributed by atoms with Crippen LogP contribution in [0.2, 0.25) is 10.0 Å². The quantitative estimate of drug-likeness (QED) is 0.527. The van der Waals surface area contributed by atoms with Crippen molar-refractivity contribution in [2.24, 2.45) is 0 Å². The number of nitrogens with one attached hydrogen (secondary N) is 3. The lowest BCUT2D eigenvalue weighted by molar-refractivity contribution is -0.122. The maximum Gasteiger partial charge on any atom is 0.321 e. The molecule has 0 aliphatic carbocycles. The van der Waals surface area contributed by atoms with E-state index in [2.05, 4.69) is 16.0 Å². The van der Waals surface area contributed by atoms with E-state index < -0.39 is 11.6 Å². The topological polar surface area (TPSA) is 73.5 Å². The average molecular weight is 529 g/mol. The van der Waals surface area contributed by atoms with Gasteiger partial charge in [-0.1, -0.05) is 29.3 Å². The molecule has 2 fully saturated rings. The Kier molecular flexibility index (Phi) is 7.87. The lowest BCUT2D eigenvalue weighted by atomic mass is 10.0. The number of urea groups is 1. The summed E-state index contributed by atoms with van der Waals surface area (Å²) in [5.74, 6) is -1.39. The van der Waals surface area contributed by atoms with Gasteiger partial charge in [0, 0.05) is 47.2 Å². The summed E-state index contributed by atoms with van der Waals surface area (Å²) < 4.78 is 26.5. The SMILES string of the molecule is O=C(NCCc1ccc(Cl)cc1Cl)C1CSC2(CCN(C(=O)Nc3ccc(F)c(F)c3)CC2)N1. The third kappa shape index (κ3) is 5.94. The van der Waals surface area contributed by atoms with Crippen molar-refractivity contribution < 1.29 is 18.4 Å². The fourth-order valence-electron chi connectivity index (χ4n) is 4.09. The second-order valence-corrected chi connectivity index (χ2v) is 10.6. The molecular weight excluding hydrogens is 505 g/mol. The Morgan fingerprint density at radius 1 is 1.12 bits per heavy atom. The van der Waals surface area contributed by atoms with Crippen LogP contribution in [0.1, 0.15) is 18.4 Å². The van der Waals surface area contributed by atoms with Crippen LogP contribution in [0.25, 0.3) is 0 Å². The Hall–Kier alpha value is -2.07. The molecule has 2 heterocycles. The van der Waals surface area contributed by atoms with Crippen molar-refractivity contribution in [3.63, 3.8) is 0 Å². The van der Waals surface area contributed by atoms with Gasteiger partial charge >= 0.3 is 6.03 Å².